The third-order valence-corrected chi connectivity index (χ3v) is 3.91. The van der Waals surface area contributed by atoms with Crippen LogP contribution in [0.4, 0.5) is 0 Å². The van der Waals surface area contributed by atoms with Crippen molar-refractivity contribution >= 4 is 27.5 Å². The molecule has 0 aliphatic rings. The predicted molar refractivity (Wildman–Crippen MR) is 84.2 cm³/mol. The number of halogens is 2. The SMILES string of the molecule is ClCC(CCOc1ccccc1)c1ccc(Br)cc1. The third kappa shape index (κ3) is 4.55. The number of hydrogen-bond acceptors (Lipinski definition) is 1. The smallest absolute Gasteiger partial charge is 0.119 e. The molecule has 3 heteroatoms. The molecule has 0 radical (unpaired) electrons. The zero-order chi connectivity index (χ0) is 13.5. The van der Waals surface area contributed by atoms with E-state index in [9.17, 15) is 0 Å². The van der Waals surface area contributed by atoms with Crippen molar-refractivity contribution < 1.29 is 4.74 Å². The van der Waals surface area contributed by atoms with E-state index in [0.717, 1.165) is 16.6 Å². The molecule has 1 nitrogen and oxygen atoms in total. The third-order valence-electron chi connectivity index (χ3n) is 3.01. The van der Waals surface area contributed by atoms with Crippen LogP contribution in [0.25, 0.3) is 0 Å². The van der Waals surface area contributed by atoms with E-state index in [1.807, 2.05) is 42.5 Å². The molecule has 19 heavy (non-hydrogen) atoms. The number of alkyl halides is 1. The molecular weight excluding hydrogens is 324 g/mol. The van der Waals surface area contributed by atoms with Crippen molar-refractivity contribution in [2.24, 2.45) is 0 Å². The van der Waals surface area contributed by atoms with Crippen LogP contribution in [0, 0.1) is 0 Å². The molecule has 0 fully saturated rings. The molecule has 100 valence electrons. The Kier molecular flexibility index (Phi) is 5.74. The second-order valence-electron chi connectivity index (χ2n) is 4.35. The van der Waals surface area contributed by atoms with Gasteiger partial charge < -0.3 is 4.74 Å². The Morgan fingerprint density at radius 3 is 2.32 bits per heavy atom. The van der Waals surface area contributed by atoms with Crippen LogP contribution in [0.5, 0.6) is 5.75 Å². The van der Waals surface area contributed by atoms with E-state index >= 15 is 0 Å². The van der Waals surface area contributed by atoms with Gasteiger partial charge in [-0.1, -0.05) is 46.3 Å². The van der Waals surface area contributed by atoms with Crippen LogP contribution in [0.15, 0.2) is 59.1 Å². The summed E-state index contributed by atoms with van der Waals surface area (Å²) in [7, 11) is 0. The highest BCUT2D eigenvalue weighted by Gasteiger charge is 2.10. The summed E-state index contributed by atoms with van der Waals surface area (Å²) in [5.41, 5.74) is 1.26. The average Bonchev–Trinajstić information content (AvgIpc) is 2.46. The largest absolute Gasteiger partial charge is 0.494 e. The van der Waals surface area contributed by atoms with E-state index in [-0.39, 0.29) is 0 Å². The number of benzene rings is 2. The molecule has 2 aromatic carbocycles. The number of para-hydroxylation sites is 1. The summed E-state index contributed by atoms with van der Waals surface area (Å²) in [4.78, 5) is 0. The standard InChI is InChI=1S/C16H16BrClO/c17-15-8-6-13(7-9-15)14(12-18)10-11-19-16-4-2-1-3-5-16/h1-9,14H,10-12H2. The molecule has 0 aromatic heterocycles. The lowest BCUT2D eigenvalue weighted by molar-refractivity contribution is 0.301. The Bertz CT molecular complexity index is 484. The summed E-state index contributed by atoms with van der Waals surface area (Å²) >= 11 is 9.50. The first-order chi connectivity index (χ1) is 9.29. The molecule has 1 unspecified atom stereocenters. The summed E-state index contributed by atoms with van der Waals surface area (Å²) in [5, 5.41) is 0. The van der Waals surface area contributed by atoms with E-state index in [1.165, 1.54) is 5.56 Å². The van der Waals surface area contributed by atoms with Gasteiger partial charge in [0.25, 0.3) is 0 Å². The minimum absolute atomic E-state index is 0.332. The van der Waals surface area contributed by atoms with Gasteiger partial charge in [-0.05, 0) is 36.2 Å². The first kappa shape index (κ1) is 14.4. The van der Waals surface area contributed by atoms with Crippen LogP contribution in [-0.2, 0) is 0 Å². The summed E-state index contributed by atoms with van der Waals surface area (Å²) in [6, 6.07) is 18.2. The van der Waals surface area contributed by atoms with E-state index in [1.54, 1.807) is 0 Å². The van der Waals surface area contributed by atoms with Crippen molar-refractivity contribution in [3.05, 3.63) is 64.6 Å². The van der Waals surface area contributed by atoms with Gasteiger partial charge in [0.15, 0.2) is 0 Å². The fourth-order valence-electron chi connectivity index (χ4n) is 1.90. The van der Waals surface area contributed by atoms with Crippen molar-refractivity contribution in [2.75, 3.05) is 12.5 Å². The monoisotopic (exact) mass is 338 g/mol. The molecule has 0 saturated heterocycles. The van der Waals surface area contributed by atoms with Crippen LogP contribution >= 0.6 is 27.5 Å². The average molecular weight is 340 g/mol. The van der Waals surface area contributed by atoms with Crippen molar-refractivity contribution in [2.45, 2.75) is 12.3 Å². The van der Waals surface area contributed by atoms with Crippen LogP contribution in [-0.4, -0.2) is 12.5 Å². The van der Waals surface area contributed by atoms with Crippen LogP contribution in [0.3, 0.4) is 0 Å². The molecule has 0 saturated carbocycles. The van der Waals surface area contributed by atoms with Gasteiger partial charge in [0.2, 0.25) is 0 Å². The quantitative estimate of drug-likeness (QED) is 0.654. The van der Waals surface area contributed by atoms with E-state index < -0.39 is 0 Å². The minimum Gasteiger partial charge on any atom is -0.494 e. The fraction of sp³-hybridized carbons (Fsp3) is 0.250. The normalized spacial score (nSPS) is 12.1. The summed E-state index contributed by atoms with van der Waals surface area (Å²) in [6.07, 6.45) is 0.917. The maximum absolute atomic E-state index is 6.06. The van der Waals surface area contributed by atoms with Gasteiger partial charge in [-0.25, -0.2) is 0 Å². The van der Waals surface area contributed by atoms with E-state index in [4.69, 9.17) is 16.3 Å². The Balaban J connectivity index is 1.87. The second kappa shape index (κ2) is 7.56. The zero-order valence-corrected chi connectivity index (χ0v) is 12.9. The summed E-state index contributed by atoms with van der Waals surface area (Å²) in [5.74, 6) is 1.85. The number of ether oxygens (including phenoxy) is 1. The summed E-state index contributed by atoms with van der Waals surface area (Å²) in [6.45, 7) is 0.678. The van der Waals surface area contributed by atoms with Crippen LogP contribution < -0.4 is 4.74 Å². The molecular formula is C16H16BrClO. The van der Waals surface area contributed by atoms with Crippen molar-refractivity contribution in [3.63, 3.8) is 0 Å². The van der Waals surface area contributed by atoms with Gasteiger partial charge in [0.1, 0.15) is 5.75 Å². The topological polar surface area (TPSA) is 9.23 Å². The first-order valence-corrected chi connectivity index (χ1v) is 7.61. The van der Waals surface area contributed by atoms with Crippen molar-refractivity contribution in [3.8, 4) is 5.75 Å². The lowest BCUT2D eigenvalue weighted by Gasteiger charge is -2.15. The molecule has 2 aromatic rings. The lowest BCUT2D eigenvalue weighted by Crippen LogP contribution is -2.07. The molecule has 0 aliphatic carbocycles. The lowest BCUT2D eigenvalue weighted by atomic mass is 9.98. The molecule has 0 aliphatic heterocycles. The van der Waals surface area contributed by atoms with Gasteiger partial charge in [0, 0.05) is 16.3 Å². The highest BCUT2D eigenvalue weighted by molar-refractivity contribution is 9.10. The van der Waals surface area contributed by atoms with Crippen molar-refractivity contribution in [1.82, 2.24) is 0 Å². The molecule has 0 N–H and O–H groups in total. The molecule has 0 amide bonds. The fourth-order valence-corrected chi connectivity index (χ4v) is 2.50. The Labute approximate surface area is 127 Å². The highest BCUT2D eigenvalue weighted by atomic mass is 79.9. The van der Waals surface area contributed by atoms with Gasteiger partial charge in [-0.2, -0.15) is 0 Å². The van der Waals surface area contributed by atoms with E-state index in [2.05, 4.69) is 28.1 Å². The predicted octanol–water partition coefficient (Wildman–Crippen LogP) is 5.24. The molecule has 0 spiro atoms. The second-order valence-corrected chi connectivity index (χ2v) is 5.58. The Morgan fingerprint density at radius 2 is 1.68 bits per heavy atom. The van der Waals surface area contributed by atoms with Gasteiger partial charge >= 0.3 is 0 Å². The molecule has 1 atom stereocenters. The Morgan fingerprint density at radius 1 is 1.00 bits per heavy atom. The number of hydrogen-bond donors (Lipinski definition) is 0. The molecule has 0 bridgehead atoms. The van der Waals surface area contributed by atoms with Crippen LogP contribution in [0.1, 0.15) is 17.9 Å². The van der Waals surface area contributed by atoms with E-state index in [0.29, 0.717) is 18.4 Å². The Hall–Kier alpha value is -0.990. The number of rotatable bonds is 6. The van der Waals surface area contributed by atoms with Gasteiger partial charge in [-0.15, -0.1) is 11.6 Å². The van der Waals surface area contributed by atoms with Gasteiger partial charge in [-0.3, -0.25) is 0 Å². The summed E-state index contributed by atoms with van der Waals surface area (Å²) < 4.78 is 6.80. The van der Waals surface area contributed by atoms with Crippen LogP contribution in [0.2, 0.25) is 0 Å². The maximum atomic E-state index is 6.06. The zero-order valence-electron chi connectivity index (χ0n) is 10.6. The minimum atomic E-state index is 0.332. The van der Waals surface area contributed by atoms with Crippen molar-refractivity contribution in [1.29, 1.82) is 0 Å². The highest BCUT2D eigenvalue weighted by Crippen LogP contribution is 2.23. The first-order valence-electron chi connectivity index (χ1n) is 6.29. The van der Waals surface area contributed by atoms with Gasteiger partial charge in [0.05, 0.1) is 6.61 Å². The molecule has 0 heterocycles. The maximum Gasteiger partial charge on any atom is 0.119 e. The molecule has 2 rings (SSSR count).